The maximum atomic E-state index is 6.22. The summed E-state index contributed by atoms with van der Waals surface area (Å²) in [6.07, 6.45) is 0. The van der Waals surface area contributed by atoms with Crippen LogP contribution in [0.2, 0.25) is 15.1 Å². The van der Waals surface area contributed by atoms with Gasteiger partial charge in [0.1, 0.15) is 12.4 Å². The molecule has 0 aliphatic heterocycles. The molecule has 0 bridgehead atoms. The lowest BCUT2D eigenvalue weighted by Crippen LogP contribution is -1.96. The summed E-state index contributed by atoms with van der Waals surface area (Å²) in [4.78, 5) is 4.45. The van der Waals surface area contributed by atoms with Crippen LogP contribution < -0.4 is 4.74 Å². The molecule has 1 aromatic heterocycles. The minimum absolute atomic E-state index is 0.363. The van der Waals surface area contributed by atoms with Gasteiger partial charge < -0.3 is 9.26 Å². The zero-order valence-corrected chi connectivity index (χ0v) is 16.7. The van der Waals surface area contributed by atoms with Gasteiger partial charge in [0.25, 0.3) is 5.89 Å². The van der Waals surface area contributed by atoms with Gasteiger partial charge in [0.15, 0.2) is 0 Å². The van der Waals surface area contributed by atoms with E-state index >= 15 is 0 Å². The summed E-state index contributed by atoms with van der Waals surface area (Å²) in [7, 11) is 0. The highest BCUT2D eigenvalue weighted by Gasteiger charge is 2.14. The van der Waals surface area contributed by atoms with E-state index in [1.54, 1.807) is 24.3 Å². The van der Waals surface area contributed by atoms with Crippen LogP contribution in [-0.4, -0.2) is 10.1 Å². The molecule has 0 saturated carbocycles. The van der Waals surface area contributed by atoms with Crippen molar-refractivity contribution in [1.29, 1.82) is 0 Å². The van der Waals surface area contributed by atoms with Gasteiger partial charge in [-0.25, -0.2) is 0 Å². The second-order valence-corrected chi connectivity index (χ2v) is 7.22. The van der Waals surface area contributed by atoms with Gasteiger partial charge in [-0.15, -0.1) is 0 Å². The predicted molar refractivity (Wildman–Crippen MR) is 111 cm³/mol. The van der Waals surface area contributed by atoms with Crippen LogP contribution in [0.1, 0.15) is 5.56 Å². The number of ether oxygens (including phenoxy) is 1. The Balaban J connectivity index is 1.55. The summed E-state index contributed by atoms with van der Waals surface area (Å²) in [5, 5.41) is 5.60. The largest absolute Gasteiger partial charge is 0.487 e. The lowest BCUT2D eigenvalue weighted by molar-refractivity contribution is 0.306. The van der Waals surface area contributed by atoms with Gasteiger partial charge in [-0.05, 0) is 48.0 Å². The number of nitrogens with zero attached hydrogens (tertiary/aromatic N) is 2. The van der Waals surface area contributed by atoms with Crippen LogP contribution in [0.3, 0.4) is 0 Å². The molecule has 0 aliphatic rings. The molecule has 0 fully saturated rings. The number of hydrogen-bond donors (Lipinski definition) is 0. The highest BCUT2D eigenvalue weighted by atomic mass is 35.5. The summed E-state index contributed by atoms with van der Waals surface area (Å²) in [6, 6.07) is 20.1. The van der Waals surface area contributed by atoms with Crippen molar-refractivity contribution in [2.75, 3.05) is 0 Å². The molecule has 0 aliphatic carbocycles. The van der Waals surface area contributed by atoms with Crippen LogP contribution in [0.4, 0.5) is 0 Å². The van der Waals surface area contributed by atoms with E-state index in [0.717, 1.165) is 11.1 Å². The Morgan fingerprint density at radius 2 is 1.71 bits per heavy atom. The summed E-state index contributed by atoms with van der Waals surface area (Å²) in [6.45, 7) is 0.363. The molecule has 4 rings (SSSR count). The number of rotatable bonds is 5. The number of hydrogen-bond acceptors (Lipinski definition) is 4. The Kier molecular flexibility index (Phi) is 5.53. The first-order valence-corrected chi connectivity index (χ1v) is 9.49. The van der Waals surface area contributed by atoms with E-state index in [9.17, 15) is 0 Å². The molecule has 4 aromatic rings. The van der Waals surface area contributed by atoms with Crippen molar-refractivity contribution in [3.8, 4) is 28.6 Å². The average Bonchev–Trinajstić information content (AvgIpc) is 3.17. The van der Waals surface area contributed by atoms with Crippen LogP contribution in [0.25, 0.3) is 22.8 Å². The number of para-hydroxylation sites is 1. The quantitative estimate of drug-likeness (QED) is 0.343. The molecule has 28 heavy (non-hydrogen) atoms. The normalized spacial score (nSPS) is 10.8. The zero-order valence-electron chi connectivity index (χ0n) is 14.4. The highest BCUT2D eigenvalue weighted by Crippen LogP contribution is 2.30. The molecule has 4 nitrogen and oxygen atoms in total. The van der Waals surface area contributed by atoms with E-state index in [4.69, 9.17) is 44.1 Å². The van der Waals surface area contributed by atoms with Gasteiger partial charge in [-0.1, -0.05) is 64.2 Å². The van der Waals surface area contributed by atoms with E-state index in [0.29, 0.717) is 44.7 Å². The van der Waals surface area contributed by atoms with Crippen LogP contribution >= 0.6 is 34.8 Å². The van der Waals surface area contributed by atoms with Crippen LogP contribution in [0, 0.1) is 0 Å². The maximum Gasteiger partial charge on any atom is 0.258 e. The third-order valence-corrected chi connectivity index (χ3v) is 4.86. The molecule has 0 saturated heterocycles. The van der Waals surface area contributed by atoms with Crippen molar-refractivity contribution in [3.05, 3.63) is 87.4 Å². The van der Waals surface area contributed by atoms with E-state index in [2.05, 4.69) is 10.1 Å². The lowest BCUT2D eigenvalue weighted by atomic mass is 10.1. The molecule has 0 unspecified atom stereocenters. The molecule has 0 amide bonds. The fraction of sp³-hybridized carbons (Fsp3) is 0.0476. The van der Waals surface area contributed by atoms with Gasteiger partial charge in [0, 0.05) is 16.1 Å². The van der Waals surface area contributed by atoms with Crippen molar-refractivity contribution < 1.29 is 9.26 Å². The van der Waals surface area contributed by atoms with Crippen molar-refractivity contribution in [3.63, 3.8) is 0 Å². The Labute approximate surface area is 176 Å². The Bertz CT molecular complexity index is 1130. The molecule has 0 radical (unpaired) electrons. The summed E-state index contributed by atoms with van der Waals surface area (Å²) in [5.74, 6) is 1.42. The average molecular weight is 432 g/mol. The minimum Gasteiger partial charge on any atom is -0.487 e. The second-order valence-electron chi connectivity index (χ2n) is 5.97. The molecule has 3 aromatic carbocycles. The van der Waals surface area contributed by atoms with Crippen molar-refractivity contribution in [1.82, 2.24) is 10.1 Å². The molecule has 0 N–H and O–H groups in total. The Hall–Kier alpha value is -2.53. The first kappa shape index (κ1) is 18.8. The molecule has 0 atom stereocenters. The summed E-state index contributed by atoms with van der Waals surface area (Å²) < 4.78 is 11.2. The number of benzene rings is 3. The van der Waals surface area contributed by atoms with E-state index < -0.39 is 0 Å². The minimum atomic E-state index is 0.363. The third-order valence-electron chi connectivity index (χ3n) is 4.00. The smallest absolute Gasteiger partial charge is 0.258 e. The lowest BCUT2D eigenvalue weighted by Gasteiger charge is -2.08. The van der Waals surface area contributed by atoms with Crippen LogP contribution in [0.5, 0.6) is 5.75 Å². The highest BCUT2D eigenvalue weighted by molar-refractivity contribution is 6.36. The first-order chi connectivity index (χ1) is 13.6. The fourth-order valence-corrected chi connectivity index (χ4v) is 3.32. The second kappa shape index (κ2) is 8.23. The number of halogens is 3. The predicted octanol–water partition coefficient (Wildman–Crippen LogP) is 6.94. The molecular weight excluding hydrogens is 419 g/mol. The molecule has 7 heteroatoms. The molecular formula is C21H13Cl3N2O2. The monoisotopic (exact) mass is 430 g/mol. The maximum absolute atomic E-state index is 6.22. The van der Waals surface area contributed by atoms with Gasteiger partial charge in [-0.3, -0.25) is 0 Å². The summed E-state index contributed by atoms with van der Waals surface area (Å²) in [5.41, 5.74) is 2.38. The Morgan fingerprint density at radius 3 is 2.54 bits per heavy atom. The fourth-order valence-electron chi connectivity index (χ4n) is 2.64. The van der Waals surface area contributed by atoms with E-state index in [1.807, 2.05) is 42.5 Å². The van der Waals surface area contributed by atoms with Crippen molar-refractivity contribution in [2.45, 2.75) is 6.61 Å². The van der Waals surface area contributed by atoms with Gasteiger partial charge in [0.2, 0.25) is 5.82 Å². The molecule has 0 spiro atoms. The van der Waals surface area contributed by atoms with Crippen molar-refractivity contribution >= 4 is 34.8 Å². The van der Waals surface area contributed by atoms with Gasteiger partial charge in [-0.2, -0.15) is 4.98 Å². The summed E-state index contributed by atoms with van der Waals surface area (Å²) >= 11 is 18.3. The van der Waals surface area contributed by atoms with E-state index in [1.165, 1.54) is 0 Å². The SMILES string of the molecule is Clc1ccc(-c2noc(-c3cccc(COc4ccccc4Cl)c3)n2)c(Cl)c1. The van der Waals surface area contributed by atoms with E-state index in [-0.39, 0.29) is 0 Å². The van der Waals surface area contributed by atoms with Crippen molar-refractivity contribution in [2.24, 2.45) is 0 Å². The first-order valence-electron chi connectivity index (χ1n) is 8.36. The number of aromatic nitrogens is 2. The standard InChI is InChI=1S/C21H13Cl3N2O2/c22-15-8-9-16(18(24)11-15)20-25-21(28-26-20)14-5-3-4-13(10-14)12-27-19-7-2-1-6-17(19)23/h1-11H,12H2. The zero-order chi connectivity index (χ0) is 19.5. The molecule has 1 heterocycles. The molecule has 140 valence electrons. The third kappa shape index (κ3) is 4.14. The Morgan fingerprint density at radius 1 is 0.857 bits per heavy atom. The van der Waals surface area contributed by atoms with Gasteiger partial charge in [0.05, 0.1) is 10.0 Å². The van der Waals surface area contributed by atoms with Crippen LogP contribution in [-0.2, 0) is 6.61 Å². The van der Waals surface area contributed by atoms with Crippen LogP contribution in [0.15, 0.2) is 71.3 Å². The van der Waals surface area contributed by atoms with Gasteiger partial charge >= 0.3 is 0 Å². The topological polar surface area (TPSA) is 48.2 Å².